The van der Waals surface area contributed by atoms with Gasteiger partial charge in [0.25, 0.3) is 0 Å². The predicted molar refractivity (Wildman–Crippen MR) is 58.5 cm³/mol. The Kier molecular flexibility index (Phi) is 5.20. The van der Waals surface area contributed by atoms with Gasteiger partial charge in [0, 0.05) is 11.1 Å². The molecule has 0 aromatic carbocycles. The lowest BCUT2D eigenvalue weighted by Crippen LogP contribution is -2.58. The maximum atomic E-state index is 8.52. The van der Waals surface area contributed by atoms with Gasteiger partial charge in [-0.3, -0.25) is 0 Å². The van der Waals surface area contributed by atoms with Gasteiger partial charge in [-0.15, -0.1) is 0 Å². The van der Waals surface area contributed by atoms with Crippen LogP contribution in [0.3, 0.4) is 0 Å². The van der Waals surface area contributed by atoms with E-state index in [0.29, 0.717) is 0 Å². The van der Waals surface area contributed by atoms with E-state index in [1.807, 2.05) is 27.7 Å². The van der Waals surface area contributed by atoms with Crippen molar-refractivity contribution in [2.75, 3.05) is 0 Å². The van der Waals surface area contributed by atoms with Crippen molar-refractivity contribution in [1.82, 2.24) is 0 Å². The van der Waals surface area contributed by atoms with Crippen LogP contribution < -0.4 is 11.5 Å². The second-order valence-corrected chi connectivity index (χ2v) is 5.61. The Morgan fingerprint density at radius 1 is 0.692 bits per heavy atom. The third-order valence-corrected chi connectivity index (χ3v) is 1.66. The van der Waals surface area contributed by atoms with Crippen LogP contribution in [-0.2, 0) is 0 Å². The molecule has 3 nitrogen and oxygen atoms in total. The van der Waals surface area contributed by atoms with Crippen LogP contribution in [0.15, 0.2) is 0 Å². The molecule has 13 heavy (non-hydrogen) atoms. The Morgan fingerprint density at radius 2 is 0.769 bits per heavy atom. The van der Waals surface area contributed by atoms with Crippen molar-refractivity contribution >= 4 is 0 Å². The average molecular weight is 190 g/mol. The molecule has 0 aromatic heterocycles. The molecule has 0 saturated heterocycles. The van der Waals surface area contributed by atoms with Gasteiger partial charge >= 0.3 is 0 Å². The Bertz CT molecular complexity index is 116. The predicted octanol–water partition coefficient (Wildman–Crippen LogP) is 1.24. The van der Waals surface area contributed by atoms with Crippen molar-refractivity contribution in [3.63, 3.8) is 0 Å². The van der Waals surface area contributed by atoms with Crippen molar-refractivity contribution < 1.29 is 5.11 Å². The summed E-state index contributed by atoms with van der Waals surface area (Å²) in [6.07, 6.45) is 0. The molecule has 5 N–H and O–H groups in total. The van der Waals surface area contributed by atoms with Gasteiger partial charge in [0.1, 0.15) is 0 Å². The van der Waals surface area contributed by atoms with Gasteiger partial charge in [-0.05, 0) is 48.5 Å². The Hall–Kier alpha value is -0.120. The number of hydrogen-bond donors (Lipinski definition) is 3. The van der Waals surface area contributed by atoms with E-state index in [1.165, 1.54) is 0 Å². The average Bonchev–Trinajstić information content (AvgIpc) is 1.50. The molecular weight excluding hydrogens is 164 g/mol. The third-order valence-electron chi connectivity index (χ3n) is 1.66. The molecule has 0 aliphatic carbocycles. The van der Waals surface area contributed by atoms with E-state index in [4.69, 9.17) is 16.6 Å². The van der Waals surface area contributed by atoms with Crippen LogP contribution >= 0.6 is 0 Å². The largest absolute Gasteiger partial charge is 0.391 e. The Labute approximate surface area is 82.5 Å². The van der Waals surface area contributed by atoms with E-state index < -0.39 is 5.60 Å². The van der Waals surface area contributed by atoms with Gasteiger partial charge in [0.2, 0.25) is 0 Å². The topological polar surface area (TPSA) is 72.3 Å². The highest BCUT2D eigenvalue weighted by atomic mass is 16.3. The van der Waals surface area contributed by atoms with Crippen molar-refractivity contribution in [3.05, 3.63) is 0 Å². The Balaban J connectivity index is 0. The number of nitrogens with two attached hydrogens (primary N) is 2. The molecule has 0 unspecified atom stereocenters. The fourth-order valence-electron chi connectivity index (χ4n) is 0. The molecular formula is C10H26N2O. The van der Waals surface area contributed by atoms with E-state index in [1.54, 1.807) is 20.8 Å². The fourth-order valence-corrected chi connectivity index (χ4v) is 0. The van der Waals surface area contributed by atoms with E-state index in [-0.39, 0.29) is 11.1 Å². The summed E-state index contributed by atoms with van der Waals surface area (Å²) < 4.78 is 0. The Morgan fingerprint density at radius 3 is 0.769 bits per heavy atom. The van der Waals surface area contributed by atoms with Gasteiger partial charge in [-0.25, -0.2) is 0 Å². The molecule has 0 rings (SSSR count). The third kappa shape index (κ3) is 14.7. The SMILES string of the molecule is CC(C)(C)O.CC(C)(N)C(C)(C)N. The number of rotatable bonds is 1. The molecule has 0 amide bonds. The minimum Gasteiger partial charge on any atom is -0.391 e. The van der Waals surface area contributed by atoms with Crippen LogP contribution in [0.1, 0.15) is 48.5 Å². The van der Waals surface area contributed by atoms with E-state index in [2.05, 4.69) is 0 Å². The zero-order chi connectivity index (χ0) is 11.5. The summed E-state index contributed by atoms with van der Waals surface area (Å²) >= 11 is 0. The van der Waals surface area contributed by atoms with Crippen molar-refractivity contribution in [2.24, 2.45) is 11.5 Å². The van der Waals surface area contributed by atoms with Gasteiger partial charge in [0.15, 0.2) is 0 Å². The van der Waals surface area contributed by atoms with Gasteiger partial charge in [0.05, 0.1) is 5.60 Å². The molecule has 0 radical (unpaired) electrons. The molecule has 0 spiro atoms. The van der Waals surface area contributed by atoms with Crippen LogP contribution in [0.4, 0.5) is 0 Å². The van der Waals surface area contributed by atoms with Gasteiger partial charge < -0.3 is 16.6 Å². The van der Waals surface area contributed by atoms with Crippen LogP contribution in [-0.4, -0.2) is 21.8 Å². The minimum absolute atomic E-state index is 0.285. The maximum absolute atomic E-state index is 8.52. The molecule has 0 atom stereocenters. The summed E-state index contributed by atoms with van der Waals surface area (Å²) in [5.41, 5.74) is 10.3. The highest BCUT2D eigenvalue weighted by molar-refractivity contribution is 4.93. The maximum Gasteiger partial charge on any atom is 0.0563 e. The number of aliphatic hydroxyl groups is 1. The summed E-state index contributed by atoms with van der Waals surface area (Å²) in [4.78, 5) is 0. The van der Waals surface area contributed by atoms with Crippen molar-refractivity contribution in [2.45, 2.75) is 65.1 Å². The van der Waals surface area contributed by atoms with Crippen LogP contribution in [0.2, 0.25) is 0 Å². The van der Waals surface area contributed by atoms with Crippen molar-refractivity contribution in [1.29, 1.82) is 0 Å². The van der Waals surface area contributed by atoms with Crippen LogP contribution in [0, 0.1) is 0 Å². The summed E-state index contributed by atoms with van der Waals surface area (Å²) in [7, 11) is 0. The van der Waals surface area contributed by atoms with Crippen LogP contribution in [0.25, 0.3) is 0 Å². The zero-order valence-electron chi connectivity index (χ0n) is 10.1. The lowest BCUT2D eigenvalue weighted by molar-refractivity contribution is 0.102. The normalized spacial score (nSPS) is 13.4. The zero-order valence-corrected chi connectivity index (χ0v) is 10.1. The molecule has 82 valence electrons. The summed E-state index contributed by atoms with van der Waals surface area (Å²) in [5, 5.41) is 8.52. The molecule has 0 saturated carbocycles. The first-order valence-electron chi connectivity index (χ1n) is 4.55. The quantitative estimate of drug-likeness (QED) is 0.582. The highest BCUT2D eigenvalue weighted by Gasteiger charge is 2.28. The lowest BCUT2D eigenvalue weighted by Gasteiger charge is -2.34. The first kappa shape index (κ1) is 15.4. The molecule has 0 aliphatic rings. The first-order chi connectivity index (χ1) is 5.25. The smallest absolute Gasteiger partial charge is 0.0563 e. The summed E-state index contributed by atoms with van der Waals surface area (Å²) in [5.74, 6) is 0. The molecule has 3 heteroatoms. The van der Waals surface area contributed by atoms with E-state index in [0.717, 1.165) is 0 Å². The van der Waals surface area contributed by atoms with Crippen LogP contribution in [0.5, 0.6) is 0 Å². The fraction of sp³-hybridized carbons (Fsp3) is 1.00. The molecule has 0 fully saturated rings. The second kappa shape index (κ2) is 4.40. The standard InChI is InChI=1S/C6H16N2.C4H10O/c1-5(2,7)6(3,4)8;1-4(2,3)5/h7-8H2,1-4H3;5H,1-3H3. The molecule has 0 bridgehead atoms. The van der Waals surface area contributed by atoms with Gasteiger partial charge in [-0.1, -0.05) is 0 Å². The van der Waals surface area contributed by atoms with E-state index >= 15 is 0 Å². The van der Waals surface area contributed by atoms with Crippen molar-refractivity contribution in [3.8, 4) is 0 Å². The van der Waals surface area contributed by atoms with Gasteiger partial charge in [-0.2, -0.15) is 0 Å². The molecule has 0 heterocycles. The van der Waals surface area contributed by atoms with E-state index in [9.17, 15) is 0 Å². The second-order valence-electron chi connectivity index (χ2n) is 5.61. The first-order valence-corrected chi connectivity index (χ1v) is 4.55. The summed E-state index contributed by atoms with van der Waals surface area (Å²) in [6, 6.07) is 0. The monoisotopic (exact) mass is 190 g/mol. The minimum atomic E-state index is -0.500. The lowest BCUT2D eigenvalue weighted by atomic mass is 9.85. The summed E-state index contributed by atoms with van der Waals surface area (Å²) in [6.45, 7) is 12.9. The molecule has 0 aliphatic heterocycles. The molecule has 0 aromatic rings. The number of hydrogen-bond acceptors (Lipinski definition) is 3. The highest BCUT2D eigenvalue weighted by Crippen LogP contribution is 2.13.